The summed E-state index contributed by atoms with van der Waals surface area (Å²) in [5, 5.41) is 3.14. The minimum absolute atomic E-state index is 0.0833. The molecule has 2 aromatic carbocycles. The number of nitrogens with one attached hydrogen (secondary N) is 1. The van der Waals surface area contributed by atoms with E-state index in [1.807, 2.05) is 0 Å². The second kappa shape index (κ2) is 6.18. The zero-order chi connectivity index (χ0) is 15.6. The number of ether oxygens (including phenoxy) is 1. The van der Waals surface area contributed by atoms with Gasteiger partial charge in [-0.1, -0.05) is 11.6 Å². The molecule has 0 aliphatic rings. The van der Waals surface area contributed by atoms with Crippen LogP contribution in [-0.4, -0.2) is 6.10 Å². The van der Waals surface area contributed by atoms with Crippen LogP contribution in [0.4, 0.5) is 25.8 Å². The van der Waals surface area contributed by atoms with E-state index in [1.165, 1.54) is 24.3 Å². The molecule has 21 heavy (non-hydrogen) atoms. The number of halogens is 3. The maximum Gasteiger partial charge on any atom is 0.167 e. The summed E-state index contributed by atoms with van der Waals surface area (Å²) in [7, 11) is 0. The summed E-state index contributed by atoms with van der Waals surface area (Å²) in [5.74, 6) is -0.904. The van der Waals surface area contributed by atoms with E-state index in [1.54, 1.807) is 13.8 Å². The summed E-state index contributed by atoms with van der Waals surface area (Å²) in [5.41, 5.74) is 6.87. The molecule has 112 valence electrons. The third kappa shape index (κ3) is 3.76. The molecule has 2 rings (SSSR count). The smallest absolute Gasteiger partial charge is 0.167 e. The summed E-state index contributed by atoms with van der Waals surface area (Å²) in [4.78, 5) is 0. The number of hydrogen-bond acceptors (Lipinski definition) is 3. The highest BCUT2D eigenvalue weighted by Gasteiger charge is 2.12. The lowest BCUT2D eigenvalue weighted by atomic mass is 10.2. The monoisotopic (exact) mass is 312 g/mol. The van der Waals surface area contributed by atoms with Gasteiger partial charge in [-0.3, -0.25) is 0 Å². The minimum Gasteiger partial charge on any atom is -0.488 e. The van der Waals surface area contributed by atoms with Crippen LogP contribution in [0.2, 0.25) is 5.02 Å². The zero-order valence-corrected chi connectivity index (χ0v) is 12.3. The van der Waals surface area contributed by atoms with Gasteiger partial charge >= 0.3 is 0 Å². The molecule has 0 amide bonds. The topological polar surface area (TPSA) is 47.3 Å². The van der Waals surface area contributed by atoms with Crippen LogP contribution in [0.5, 0.6) is 5.75 Å². The molecule has 0 radical (unpaired) electrons. The highest BCUT2D eigenvalue weighted by Crippen LogP contribution is 2.33. The molecule has 0 fully saturated rings. The highest BCUT2D eigenvalue weighted by atomic mass is 35.5. The van der Waals surface area contributed by atoms with Crippen molar-refractivity contribution in [3.05, 3.63) is 47.0 Å². The van der Waals surface area contributed by atoms with Gasteiger partial charge in [-0.05, 0) is 32.0 Å². The number of nitrogens with two attached hydrogens (primary N) is 1. The largest absolute Gasteiger partial charge is 0.488 e. The fourth-order valence-corrected chi connectivity index (χ4v) is 1.97. The van der Waals surface area contributed by atoms with Crippen LogP contribution in [0, 0.1) is 11.6 Å². The van der Waals surface area contributed by atoms with Crippen molar-refractivity contribution in [1.82, 2.24) is 0 Å². The molecule has 0 aliphatic heterocycles. The molecule has 0 saturated heterocycles. The number of anilines is 3. The third-order valence-corrected chi connectivity index (χ3v) is 2.98. The SMILES string of the molecule is CC(C)Oc1cc(Nc2ccc(F)cc2Cl)c(N)cc1F. The molecule has 0 aromatic heterocycles. The molecule has 3 N–H and O–H groups in total. The summed E-state index contributed by atoms with van der Waals surface area (Å²) >= 11 is 5.94. The van der Waals surface area contributed by atoms with E-state index in [2.05, 4.69) is 5.32 Å². The van der Waals surface area contributed by atoms with Gasteiger partial charge in [-0.15, -0.1) is 0 Å². The standard InChI is InChI=1S/C15H15ClF2N2O/c1-8(2)21-15-7-14(12(19)6-11(15)18)20-13-4-3-9(17)5-10(13)16/h3-8,20H,19H2,1-2H3. The van der Waals surface area contributed by atoms with Gasteiger partial charge in [-0.25, -0.2) is 8.78 Å². The van der Waals surface area contributed by atoms with Crippen LogP contribution in [0.15, 0.2) is 30.3 Å². The first-order chi connectivity index (χ1) is 9.86. The van der Waals surface area contributed by atoms with E-state index in [0.29, 0.717) is 11.4 Å². The molecular formula is C15H15ClF2N2O. The van der Waals surface area contributed by atoms with Gasteiger partial charge in [0.2, 0.25) is 0 Å². The lowest BCUT2D eigenvalue weighted by Gasteiger charge is -2.15. The van der Waals surface area contributed by atoms with Gasteiger partial charge in [0.25, 0.3) is 0 Å². The molecule has 6 heteroatoms. The van der Waals surface area contributed by atoms with Gasteiger partial charge in [0.15, 0.2) is 11.6 Å². The van der Waals surface area contributed by atoms with Gasteiger partial charge < -0.3 is 15.8 Å². The van der Waals surface area contributed by atoms with E-state index >= 15 is 0 Å². The van der Waals surface area contributed by atoms with E-state index < -0.39 is 11.6 Å². The number of benzene rings is 2. The third-order valence-electron chi connectivity index (χ3n) is 2.67. The predicted molar refractivity (Wildman–Crippen MR) is 81.3 cm³/mol. The number of rotatable bonds is 4. The van der Waals surface area contributed by atoms with Crippen LogP contribution in [0.1, 0.15) is 13.8 Å². The first-order valence-electron chi connectivity index (χ1n) is 6.34. The van der Waals surface area contributed by atoms with E-state index in [-0.39, 0.29) is 22.6 Å². The Morgan fingerprint density at radius 1 is 1.14 bits per heavy atom. The van der Waals surface area contributed by atoms with Gasteiger partial charge in [0.1, 0.15) is 5.82 Å². The Morgan fingerprint density at radius 3 is 2.48 bits per heavy atom. The average Bonchev–Trinajstić information content (AvgIpc) is 2.37. The van der Waals surface area contributed by atoms with Crippen molar-refractivity contribution in [3.8, 4) is 5.75 Å². The first kappa shape index (κ1) is 15.4. The molecule has 0 bridgehead atoms. The lowest BCUT2D eigenvalue weighted by molar-refractivity contribution is 0.231. The molecular weight excluding hydrogens is 298 g/mol. The number of hydrogen-bond donors (Lipinski definition) is 2. The average molecular weight is 313 g/mol. The normalized spacial score (nSPS) is 10.8. The Kier molecular flexibility index (Phi) is 4.53. The van der Waals surface area contributed by atoms with Crippen molar-refractivity contribution in [2.75, 3.05) is 11.1 Å². The van der Waals surface area contributed by atoms with Crippen molar-refractivity contribution in [2.45, 2.75) is 20.0 Å². The molecule has 0 aliphatic carbocycles. The Balaban J connectivity index is 2.34. The Morgan fingerprint density at radius 2 is 1.86 bits per heavy atom. The maximum absolute atomic E-state index is 13.8. The van der Waals surface area contributed by atoms with Crippen LogP contribution in [0.3, 0.4) is 0 Å². The van der Waals surface area contributed by atoms with Crippen LogP contribution < -0.4 is 15.8 Å². The van der Waals surface area contributed by atoms with Crippen molar-refractivity contribution in [3.63, 3.8) is 0 Å². The van der Waals surface area contributed by atoms with Crippen LogP contribution in [-0.2, 0) is 0 Å². The molecule has 0 atom stereocenters. The lowest BCUT2D eigenvalue weighted by Crippen LogP contribution is -2.08. The summed E-state index contributed by atoms with van der Waals surface area (Å²) in [6, 6.07) is 6.53. The van der Waals surface area contributed by atoms with Crippen molar-refractivity contribution in [1.29, 1.82) is 0 Å². The molecule has 0 unspecified atom stereocenters. The molecule has 0 spiro atoms. The second-order valence-electron chi connectivity index (χ2n) is 4.79. The van der Waals surface area contributed by atoms with Crippen LogP contribution in [0.25, 0.3) is 0 Å². The predicted octanol–water partition coefficient (Wildman–Crippen LogP) is 4.73. The summed E-state index contributed by atoms with van der Waals surface area (Å²) in [6.45, 7) is 3.58. The van der Waals surface area contributed by atoms with Crippen molar-refractivity contribution in [2.24, 2.45) is 0 Å². The molecule has 2 aromatic rings. The van der Waals surface area contributed by atoms with E-state index in [4.69, 9.17) is 22.1 Å². The summed E-state index contributed by atoms with van der Waals surface area (Å²) in [6.07, 6.45) is -0.176. The fraction of sp³-hybridized carbons (Fsp3) is 0.200. The highest BCUT2D eigenvalue weighted by molar-refractivity contribution is 6.33. The maximum atomic E-state index is 13.8. The van der Waals surface area contributed by atoms with Gasteiger partial charge in [0.05, 0.1) is 28.2 Å². The Labute approximate surface area is 126 Å². The molecule has 0 saturated carbocycles. The Bertz CT molecular complexity index is 662. The first-order valence-corrected chi connectivity index (χ1v) is 6.72. The molecule has 0 heterocycles. The van der Waals surface area contributed by atoms with Gasteiger partial charge in [0, 0.05) is 12.1 Å². The zero-order valence-electron chi connectivity index (χ0n) is 11.6. The quantitative estimate of drug-likeness (QED) is 0.802. The Hall–Kier alpha value is -2.01. The molecule has 3 nitrogen and oxygen atoms in total. The van der Waals surface area contributed by atoms with Crippen molar-refractivity contribution >= 4 is 28.7 Å². The van der Waals surface area contributed by atoms with Gasteiger partial charge in [-0.2, -0.15) is 0 Å². The van der Waals surface area contributed by atoms with Crippen LogP contribution >= 0.6 is 11.6 Å². The van der Waals surface area contributed by atoms with Crippen molar-refractivity contribution < 1.29 is 13.5 Å². The van der Waals surface area contributed by atoms with E-state index in [9.17, 15) is 8.78 Å². The summed E-state index contributed by atoms with van der Waals surface area (Å²) < 4.78 is 32.1. The second-order valence-corrected chi connectivity index (χ2v) is 5.19. The van der Waals surface area contributed by atoms with E-state index in [0.717, 1.165) is 6.07 Å². The fourth-order valence-electron chi connectivity index (χ4n) is 1.76. The number of nitrogen functional groups attached to an aromatic ring is 1. The minimum atomic E-state index is -0.544.